The molecule has 2 heterocycles. The van der Waals surface area contributed by atoms with Crippen LogP contribution in [0.2, 0.25) is 0 Å². The quantitative estimate of drug-likeness (QED) is 0.493. The lowest BCUT2D eigenvalue weighted by atomic mass is 10.1. The summed E-state index contributed by atoms with van der Waals surface area (Å²) in [5.74, 6) is 0.511. The average Bonchev–Trinajstić information content (AvgIpc) is 2.87. The van der Waals surface area contributed by atoms with Gasteiger partial charge in [0.2, 0.25) is 0 Å². The Kier molecular flexibility index (Phi) is 4.37. The summed E-state index contributed by atoms with van der Waals surface area (Å²) in [5.41, 5.74) is 1.92. The number of hydrogen-bond acceptors (Lipinski definition) is 4. The number of fused-ring (bicyclic) bond motifs is 1. The molecule has 0 N–H and O–H groups in total. The molecule has 3 rings (SSSR count). The molecule has 0 atom stereocenters. The molecule has 3 aromatic rings. The topological polar surface area (TPSA) is 57.0 Å². The molecule has 0 bridgehead atoms. The van der Waals surface area contributed by atoms with Crippen LogP contribution in [0.4, 0.5) is 0 Å². The zero-order valence-electron chi connectivity index (χ0n) is 12.0. The maximum absolute atomic E-state index is 11.8. The summed E-state index contributed by atoms with van der Waals surface area (Å²) in [6.07, 6.45) is 5.60. The molecule has 0 saturated carbocycles. The predicted molar refractivity (Wildman–Crippen MR) is 91.9 cm³/mol. The minimum atomic E-state index is -0.223. The van der Waals surface area contributed by atoms with Crippen LogP contribution in [0.1, 0.15) is 12.5 Å². The third-order valence-electron chi connectivity index (χ3n) is 3.27. The molecule has 5 nitrogen and oxygen atoms in total. The number of carbonyl (C=O) groups is 1. The molecule has 6 heteroatoms. The molecular weight excluding hydrogens is 393 g/mol. The third-order valence-corrected chi connectivity index (χ3v) is 3.79. The molecule has 22 heavy (non-hydrogen) atoms. The van der Waals surface area contributed by atoms with Crippen molar-refractivity contribution < 1.29 is 9.53 Å². The van der Waals surface area contributed by atoms with E-state index in [1.54, 1.807) is 12.4 Å². The summed E-state index contributed by atoms with van der Waals surface area (Å²) < 4.78 is 7.83. The van der Waals surface area contributed by atoms with Crippen LogP contribution in [0.25, 0.3) is 16.7 Å². The molecule has 0 radical (unpaired) electrons. The van der Waals surface area contributed by atoms with Gasteiger partial charge in [0.25, 0.3) is 0 Å². The first kappa shape index (κ1) is 15.0. The number of aromatic nitrogens is 3. The monoisotopic (exact) mass is 407 g/mol. The number of halogens is 1. The van der Waals surface area contributed by atoms with Gasteiger partial charge in [-0.2, -0.15) is 0 Å². The van der Waals surface area contributed by atoms with Crippen molar-refractivity contribution in [1.82, 2.24) is 14.5 Å². The zero-order chi connectivity index (χ0) is 15.5. The van der Waals surface area contributed by atoms with E-state index in [-0.39, 0.29) is 12.4 Å². The predicted octanol–water partition coefficient (Wildman–Crippen LogP) is 3.13. The van der Waals surface area contributed by atoms with Crippen LogP contribution in [-0.2, 0) is 16.0 Å². The van der Waals surface area contributed by atoms with Gasteiger partial charge in [-0.3, -0.25) is 14.3 Å². The Balaban J connectivity index is 2.10. The summed E-state index contributed by atoms with van der Waals surface area (Å²) in [6, 6.07) is 7.93. The van der Waals surface area contributed by atoms with Gasteiger partial charge in [0.1, 0.15) is 3.70 Å². The van der Waals surface area contributed by atoms with Gasteiger partial charge in [0.15, 0.2) is 5.82 Å². The lowest BCUT2D eigenvalue weighted by molar-refractivity contribution is -0.142. The number of esters is 1. The second kappa shape index (κ2) is 6.43. The Hall–Kier alpha value is -1.96. The standard InChI is InChI=1S/C16H14IN3O2/c1-2-22-16(21)7-11-10-20(13-6-4-3-5-12(11)13)15-9-18-8-14(17)19-15/h3-6,8-10H,2,7H2,1H3. The van der Waals surface area contributed by atoms with Crippen LogP contribution < -0.4 is 0 Å². The first-order valence-corrected chi connectivity index (χ1v) is 7.99. The van der Waals surface area contributed by atoms with Crippen molar-refractivity contribution in [2.75, 3.05) is 6.61 Å². The lowest BCUT2D eigenvalue weighted by Gasteiger charge is -2.03. The van der Waals surface area contributed by atoms with E-state index in [1.807, 2.05) is 42.0 Å². The number of para-hydroxylation sites is 1. The van der Waals surface area contributed by atoms with E-state index in [9.17, 15) is 4.79 Å². The SMILES string of the molecule is CCOC(=O)Cc1cn(-c2cncc(I)n2)c2ccccc12. The number of ether oxygens (including phenoxy) is 1. The fourth-order valence-electron chi connectivity index (χ4n) is 2.40. The molecule has 0 aliphatic heterocycles. The molecule has 112 valence electrons. The van der Waals surface area contributed by atoms with Crippen molar-refractivity contribution in [3.8, 4) is 5.82 Å². The molecule has 1 aromatic carbocycles. The van der Waals surface area contributed by atoms with Crippen molar-refractivity contribution in [2.45, 2.75) is 13.3 Å². The normalized spacial score (nSPS) is 10.8. The first-order valence-electron chi connectivity index (χ1n) is 6.91. The second-order valence-corrected chi connectivity index (χ2v) is 5.83. The molecular formula is C16H14IN3O2. The maximum Gasteiger partial charge on any atom is 0.310 e. The Morgan fingerprint density at radius 3 is 2.91 bits per heavy atom. The van der Waals surface area contributed by atoms with Crippen molar-refractivity contribution in [3.63, 3.8) is 0 Å². The average molecular weight is 407 g/mol. The Bertz CT molecular complexity index is 829. The van der Waals surface area contributed by atoms with E-state index in [2.05, 4.69) is 32.6 Å². The molecule has 0 saturated heterocycles. The van der Waals surface area contributed by atoms with Gasteiger partial charge in [-0.25, -0.2) is 4.98 Å². The highest BCUT2D eigenvalue weighted by molar-refractivity contribution is 14.1. The Labute approximate surface area is 141 Å². The van der Waals surface area contributed by atoms with Crippen LogP contribution in [0, 0.1) is 3.70 Å². The van der Waals surface area contributed by atoms with Gasteiger partial charge < -0.3 is 4.74 Å². The lowest BCUT2D eigenvalue weighted by Crippen LogP contribution is -2.07. The fraction of sp³-hybridized carbons (Fsp3) is 0.188. The molecule has 0 fully saturated rings. The van der Waals surface area contributed by atoms with Gasteiger partial charge in [0.05, 0.1) is 30.9 Å². The number of nitrogens with zero attached hydrogens (tertiary/aromatic N) is 3. The fourth-order valence-corrected chi connectivity index (χ4v) is 2.80. The Morgan fingerprint density at radius 1 is 1.32 bits per heavy atom. The van der Waals surface area contributed by atoms with Gasteiger partial charge in [-0.05, 0) is 41.1 Å². The minimum Gasteiger partial charge on any atom is -0.466 e. The van der Waals surface area contributed by atoms with Crippen LogP contribution in [0.15, 0.2) is 42.9 Å². The highest BCUT2D eigenvalue weighted by Gasteiger charge is 2.14. The number of rotatable bonds is 4. The van der Waals surface area contributed by atoms with Crippen molar-refractivity contribution in [3.05, 3.63) is 52.1 Å². The number of benzene rings is 1. The van der Waals surface area contributed by atoms with E-state index in [0.29, 0.717) is 6.61 Å². The molecule has 0 spiro atoms. The smallest absolute Gasteiger partial charge is 0.310 e. The van der Waals surface area contributed by atoms with Crippen molar-refractivity contribution >= 4 is 39.5 Å². The number of hydrogen-bond donors (Lipinski definition) is 0. The largest absolute Gasteiger partial charge is 0.466 e. The zero-order valence-corrected chi connectivity index (χ0v) is 14.1. The van der Waals surface area contributed by atoms with Crippen molar-refractivity contribution in [1.29, 1.82) is 0 Å². The van der Waals surface area contributed by atoms with Gasteiger partial charge >= 0.3 is 5.97 Å². The first-order chi connectivity index (χ1) is 10.7. The van der Waals surface area contributed by atoms with Crippen LogP contribution >= 0.6 is 22.6 Å². The summed E-state index contributed by atoms with van der Waals surface area (Å²) in [6.45, 7) is 2.20. The van der Waals surface area contributed by atoms with Gasteiger partial charge in [-0.1, -0.05) is 18.2 Å². The Morgan fingerprint density at radius 2 is 2.14 bits per heavy atom. The van der Waals surface area contributed by atoms with E-state index in [1.165, 1.54) is 0 Å². The molecule has 0 unspecified atom stereocenters. The molecule has 0 aliphatic carbocycles. The summed E-state index contributed by atoms with van der Waals surface area (Å²) in [4.78, 5) is 20.5. The number of carbonyl (C=O) groups excluding carboxylic acids is 1. The second-order valence-electron chi connectivity index (χ2n) is 4.72. The molecule has 0 aliphatic rings. The van der Waals surface area contributed by atoms with Crippen LogP contribution in [-0.4, -0.2) is 27.1 Å². The third kappa shape index (κ3) is 2.96. The van der Waals surface area contributed by atoms with Gasteiger partial charge in [-0.15, -0.1) is 0 Å². The van der Waals surface area contributed by atoms with Gasteiger partial charge in [0, 0.05) is 11.6 Å². The van der Waals surface area contributed by atoms with E-state index < -0.39 is 0 Å². The van der Waals surface area contributed by atoms with Crippen molar-refractivity contribution in [2.24, 2.45) is 0 Å². The van der Waals surface area contributed by atoms with E-state index in [4.69, 9.17) is 4.74 Å². The van der Waals surface area contributed by atoms with E-state index >= 15 is 0 Å². The van der Waals surface area contributed by atoms with Crippen LogP contribution in [0.5, 0.6) is 0 Å². The highest BCUT2D eigenvalue weighted by atomic mass is 127. The molecule has 2 aromatic heterocycles. The maximum atomic E-state index is 11.8. The van der Waals surface area contributed by atoms with Crippen LogP contribution in [0.3, 0.4) is 0 Å². The minimum absolute atomic E-state index is 0.223. The highest BCUT2D eigenvalue weighted by Crippen LogP contribution is 2.24. The van der Waals surface area contributed by atoms with E-state index in [0.717, 1.165) is 26.0 Å². The summed E-state index contributed by atoms with van der Waals surface area (Å²) in [7, 11) is 0. The molecule has 0 amide bonds. The summed E-state index contributed by atoms with van der Waals surface area (Å²) >= 11 is 2.13. The summed E-state index contributed by atoms with van der Waals surface area (Å²) in [5, 5.41) is 1.02.